The van der Waals surface area contributed by atoms with Crippen molar-refractivity contribution in [2.24, 2.45) is 0 Å². The van der Waals surface area contributed by atoms with Crippen LogP contribution in [0.15, 0.2) is 75.7 Å². The van der Waals surface area contributed by atoms with Crippen molar-refractivity contribution < 1.29 is 19.0 Å². The van der Waals surface area contributed by atoms with Gasteiger partial charge in [-0.15, -0.1) is 0 Å². The van der Waals surface area contributed by atoms with E-state index < -0.39 is 5.97 Å². The maximum atomic E-state index is 12.7. The van der Waals surface area contributed by atoms with Crippen molar-refractivity contribution in [1.82, 2.24) is 0 Å². The fourth-order valence-electron chi connectivity index (χ4n) is 2.55. The summed E-state index contributed by atoms with van der Waals surface area (Å²) in [6.45, 7) is 2.55. The van der Waals surface area contributed by atoms with Gasteiger partial charge < -0.3 is 14.2 Å². The molecule has 3 aromatic carbocycles. The quantitative estimate of drug-likeness (QED) is 0.218. The van der Waals surface area contributed by atoms with Crippen LogP contribution in [0.2, 0.25) is 0 Å². The number of ether oxygens (including phenoxy) is 3. The molecule has 0 fully saturated rings. The molecule has 0 unspecified atom stereocenters. The van der Waals surface area contributed by atoms with Gasteiger partial charge in [0.05, 0.1) is 4.47 Å². The number of hydrogen-bond donors (Lipinski definition) is 0. The van der Waals surface area contributed by atoms with Crippen LogP contribution in [0.25, 0.3) is 0 Å². The number of benzene rings is 3. The fourth-order valence-corrected chi connectivity index (χ4v) is 4.07. The SMILES string of the molecule is Cc1cc(Br)cc(Br)c1OC(=O)c1ccccc1OCCOc1ccccc1. The number of aryl methyl sites for hydroxylation is 1. The fraction of sp³-hybridized carbons (Fsp3) is 0.136. The molecule has 0 aliphatic rings. The van der Waals surface area contributed by atoms with Crippen LogP contribution < -0.4 is 14.2 Å². The van der Waals surface area contributed by atoms with Gasteiger partial charge in [-0.25, -0.2) is 4.79 Å². The summed E-state index contributed by atoms with van der Waals surface area (Å²) >= 11 is 6.86. The molecule has 0 aliphatic heterocycles. The monoisotopic (exact) mass is 504 g/mol. The van der Waals surface area contributed by atoms with Gasteiger partial charge in [-0.3, -0.25) is 0 Å². The average molecular weight is 506 g/mol. The largest absolute Gasteiger partial charge is 0.490 e. The highest BCUT2D eigenvalue weighted by Crippen LogP contribution is 2.33. The molecule has 0 atom stereocenters. The third-order valence-corrected chi connectivity index (χ3v) is 4.90. The minimum absolute atomic E-state index is 0.306. The van der Waals surface area contributed by atoms with E-state index in [1.165, 1.54) is 0 Å². The van der Waals surface area contributed by atoms with Gasteiger partial charge >= 0.3 is 5.97 Å². The predicted octanol–water partition coefficient (Wildman–Crippen LogP) is 6.20. The molecule has 0 amide bonds. The average Bonchev–Trinajstić information content (AvgIpc) is 2.69. The van der Waals surface area contributed by atoms with Crippen molar-refractivity contribution in [2.75, 3.05) is 13.2 Å². The lowest BCUT2D eigenvalue weighted by molar-refractivity contribution is 0.0726. The van der Waals surface area contributed by atoms with Crippen LogP contribution in [0.5, 0.6) is 17.2 Å². The van der Waals surface area contributed by atoms with E-state index in [9.17, 15) is 4.79 Å². The van der Waals surface area contributed by atoms with Crippen LogP contribution in [0.4, 0.5) is 0 Å². The molecule has 0 aliphatic carbocycles. The van der Waals surface area contributed by atoms with Crippen LogP contribution in [0.1, 0.15) is 15.9 Å². The molecule has 0 radical (unpaired) electrons. The van der Waals surface area contributed by atoms with E-state index in [0.717, 1.165) is 15.8 Å². The number of hydrogen-bond acceptors (Lipinski definition) is 4. The second kappa shape index (κ2) is 9.75. The van der Waals surface area contributed by atoms with Crippen molar-refractivity contribution in [2.45, 2.75) is 6.92 Å². The number of rotatable bonds is 7. The van der Waals surface area contributed by atoms with E-state index in [2.05, 4.69) is 31.9 Å². The molecule has 0 heterocycles. The van der Waals surface area contributed by atoms with Crippen LogP contribution in [-0.4, -0.2) is 19.2 Å². The third kappa shape index (κ3) is 5.36. The Balaban J connectivity index is 1.65. The Morgan fingerprint density at radius 3 is 2.32 bits per heavy atom. The van der Waals surface area contributed by atoms with Gasteiger partial charge in [0.25, 0.3) is 0 Å². The first kappa shape index (κ1) is 20.4. The topological polar surface area (TPSA) is 44.8 Å². The molecule has 0 bridgehead atoms. The smallest absolute Gasteiger partial charge is 0.347 e. The van der Waals surface area contributed by atoms with Crippen molar-refractivity contribution >= 4 is 37.8 Å². The first-order chi connectivity index (χ1) is 13.5. The molecular weight excluding hydrogens is 488 g/mol. The summed E-state index contributed by atoms with van der Waals surface area (Å²) in [5.74, 6) is 1.23. The van der Waals surface area contributed by atoms with Gasteiger partial charge in [0.1, 0.15) is 36.0 Å². The van der Waals surface area contributed by atoms with Gasteiger partial charge in [-0.1, -0.05) is 46.3 Å². The summed E-state index contributed by atoms with van der Waals surface area (Å²) in [4.78, 5) is 12.7. The minimum atomic E-state index is -0.481. The summed E-state index contributed by atoms with van der Waals surface area (Å²) in [5.41, 5.74) is 1.20. The molecular formula is C22H18Br2O4. The summed E-state index contributed by atoms with van der Waals surface area (Å²) in [5, 5.41) is 0. The number of para-hydroxylation sites is 2. The molecule has 3 rings (SSSR count). The zero-order valence-corrected chi connectivity index (χ0v) is 18.3. The number of esters is 1. The lowest BCUT2D eigenvalue weighted by atomic mass is 10.2. The van der Waals surface area contributed by atoms with E-state index in [1.807, 2.05) is 55.5 Å². The lowest BCUT2D eigenvalue weighted by Crippen LogP contribution is -2.14. The van der Waals surface area contributed by atoms with Crippen molar-refractivity contribution in [3.8, 4) is 17.2 Å². The van der Waals surface area contributed by atoms with Gasteiger partial charge in [0.15, 0.2) is 0 Å². The normalized spacial score (nSPS) is 10.4. The Labute approximate surface area is 180 Å². The van der Waals surface area contributed by atoms with Crippen molar-refractivity contribution in [1.29, 1.82) is 0 Å². The maximum absolute atomic E-state index is 12.7. The Morgan fingerprint density at radius 1 is 0.893 bits per heavy atom. The Kier molecular flexibility index (Phi) is 7.12. The lowest BCUT2D eigenvalue weighted by Gasteiger charge is -2.13. The molecule has 144 valence electrons. The van der Waals surface area contributed by atoms with Crippen LogP contribution >= 0.6 is 31.9 Å². The third-order valence-electron chi connectivity index (χ3n) is 3.85. The number of halogens is 2. The number of carbonyl (C=O) groups is 1. The van der Waals surface area contributed by atoms with E-state index in [4.69, 9.17) is 14.2 Å². The van der Waals surface area contributed by atoms with Crippen LogP contribution in [-0.2, 0) is 0 Å². The molecule has 0 aromatic heterocycles. The first-order valence-electron chi connectivity index (χ1n) is 8.62. The summed E-state index contributed by atoms with van der Waals surface area (Å²) in [6, 6.07) is 20.2. The second-order valence-electron chi connectivity index (χ2n) is 5.93. The highest BCUT2D eigenvalue weighted by atomic mass is 79.9. The van der Waals surface area contributed by atoms with Crippen LogP contribution in [0.3, 0.4) is 0 Å². The predicted molar refractivity (Wildman–Crippen MR) is 115 cm³/mol. The van der Waals surface area contributed by atoms with Gasteiger partial charge in [0.2, 0.25) is 0 Å². The highest BCUT2D eigenvalue weighted by Gasteiger charge is 2.17. The molecule has 0 N–H and O–H groups in total. The van der Waals surface area contributed by atoms with E-state index >= 15 is 0 Å². The summed E-state index contributed by atoms with van der Waals surface area (Å²) in [7, 11) is 0. The zero-order chi connectivity index (χ0) is 19.9. The van der Waals surface area contributed by atoms with Crippen LogP contribution in [0, 0.1) is 6.92 Å². The minimum Gasteiger partial charge on any atom is -0.490 e. The summed E-state index contributed by atoms with van der Waals surface area (Å²) < 4.78 is 18.6. The molecule has 4 nitrogen and oxygen atoms in total. The molecule has 0 saturated carbocycles. The zero-order valence-electron chi connectivity index (χ0n) is 15.2. The van der Waals surface area contributed by atoms with Crippen molar-refractivity contribution in [3.05, 3.63) is 86.8 Å². The molecule has 3 aromatic rings. The first-order valence-corrected chi connectivity index (χ1v) is 10.2. The Morgan fingerprint density at radius 2 is 1.57 bits per heavy atom. The highest BCUT2D eigenvalue weighted by molar-refractivity contribution is 9.11. The molecule has 0 saturated heterocycles. The summed E-state index contributed by atoms with van der Waals surface area (Å²) in [6.07, 6.45) is 0. The Hall–Kier alpha value is -2.31. The standard InChI is InChI=1S/C22H18Br2O4/c1-15-13-16(23)14-19(24)21(15)28-22(25)18-9-5-6-10-20(18)27-12-11-26-17-7-3-2-4-8-17/h2-10,13-14H,11-12H2,1H3. The molecule has 28 heavy (non-hydrogen) atoms. The number of carbonyl (C=O) groups excluding carboxylic acids is 1. The van der Waals surface area contributed by atoms with Gasteiger partial charge in [-0.2, -0.15) is 0 Å². The van der Waals surface area contributed by atoms with Crippen molar-refractivity contribution in [3.63, 3.8) is 0 Å². The van der Waals surface area contributed by atoms with E-state index in [0.29, 0.717) is 34.7 Å². The van der Waals surface area contributed by atoms with Gasteiger partial charge in [-0.05, 0) is 64.8 Å². The van der Waals surface area contributed by atoms with E-state index in [1.54, 1.807) is 18.2 Å². The molecule has 0 spiro atoms. The van der Waals surface area contributed by atoms with E-state index in [-0.39, 0.29) is 0 Å². The second-order valence-corrected chi connectivity index (χ2v) is 7.70. The van der Waals surface area contributed by atoms with Gasteiger partial charge in [0, 0.05) is 4.47 Å². The Bertz CT molecular complexity index is 935. The molecule has 6 heteroatoms. The maximum Gasteiger partial charge on any atom is 0.347 e.